The Labute approximate surface area is 143 Å². The van der Waals surface area contributed by atoms with Gasteiger partial charge in [0.15, 0.2) is 0 Å². The fourth-order valence-electron chi connectivity index (χ4n) is 3.26. The van der Waals surface area contributed by atoms with Crippen molar-refractivity contribution < 1.29 is 9.53 Å². The molecule has 2 aromatic rings. The maximum Gasteiger partial charge on any atom is 0.257 e. The Morgan fingerprint density at radius 2 is 1.88 bits per heavy atom. The Balaban J connectivity index is 1.54. The van der Waals surface area contributed by atoms with Gasteiger partial charge in [-0.2, -0.15) is 5.10 Å². The fraction of sp³-hybridized carbons (Fsp3) is 0.474. The van der Waals surface area contributed by atoms with Crippen LogP contribution in [0.2, 0.25) is 0 Å². The summed E-state index contributed by atoms with van der Waals surface area (Å²) in [5.41, 5.74) is 3.68. The van der Waals surface area contributed by atoms with Gasteiger partial charge in [0, 0.05) is 25.8 Å². The van der Waals surface area contributed by atoms with Gasteiger partial charge in [0.25, 0.3) is 5.91 Å². The van der Waals surface area contributed by atoms with Gasteiger partial charge < -0.3 is 9.64 Å². The topological polar surface area (TPSA) is 47.4 Å². The lowest BCUT2D eigenvalue weighted by Crippen LogP contribution is -2.41. The van der Waals surface area contributed by atoms with E-state index in [0.29, 0.717) is 6.61 Å². The monoisotopic (exact) mass is 327 g/mol. The van der Waals surface area contributed by atoms with Gasteiger partial charge >= 0.3 is 0 Å². The van der Waals surface area contributed by atoms with Gasteiger partial charge in [-0.15, -0.1) is 0 Å². The highest BCUT2D eigenvalue weighted by molar-refractivity contribution is 5.96. The van der Waals surface area contributed by atoms with E-state index in [1.54, 1.807) is 4.68 Å². The summed E-state index contributed by atoms with van der Waals surface area (Å²) in [5, 5.41) is 4.35. The zero-order valence-corrected chi connectivity index (χ0v) is 14.7. The normalized spacial score (nSPS) is 15.7. The fourth-order valence-corrected chi connectivity index (χ4v) is 3.26. The van der Waals surface area contributed by atoms with Gasteiger partial charge in [0.1, 0.15) is 0 Å². The summed E-state index contributed by atoms with van der Waals surface area (Å²) in [5.74, 6) is 0.0969. The molecule has 0 spiro atoms. The average Bonchev–Trinajstić information content (AvgIpc) is 2.86. The van der Waals surface area contributed by atoms with Crippen molar-refractivity contribution in [3.63, 3.8) is 0 Å². The average molecular weight is 327 g/mol. The number of aryl methyl sites for hydroxylation is 2. The minimum Gasteiger partial charge on any atom is -0.373 e. The third-order valence-electron chi connectivity index (χ3n) is 4.78. The Kier molecular flexibility index (Phi) is 5.00. The molecule has 1 aromatic carbocycles. The molecule has 1 saturated heterocycles. The number of amides is 1. The molecule has 24 heavy (non-hydrogen) atoms. The van der Waals surface area contributed by atoms with E-state index in [1.165, 1.54) is 5.56 Å². The quantitative estimate of drug-likeness (QED) is 0.867. The molecule has 1 aliphatic heterocycles. The lowest BCUT2D eigenvalue weighted by Gasteiger charge is -2.32. The van der Waals surface area contributed by atoms with E-state index in [4.69, 9.17) is 4.74 Å². The molecular weight excluding hydrogens is 302 g/mol. The van der Waals surface area contributed by atoms with Crippen molar-refractivity contribution in [2.75, 3.05) is 13.1 Å². The zero-order valence-electron chi connectivity index (χ0n) is 14.7. The van der Waals surface area contributed by atoms with E-state index in [9.17, 15) is 4.79 Å². The van der Waals surface area contributed by atoms with Crippen LogP contribution in [0.5, 0.6) is 0 Å². The summed E-state index contributed by atoms with van der Waals surface area (Å²) in [6, 6.07) is 10.2. The second-order valence-electron chi connectivity index (χ2n) is 6.46. The molecule has 3 rings (SSSR count). The summed E-state index contributed by atoms with van der Waals surface area (Å²) in [6.07, 6.45) is 2.00. The van der Waals surface area contributed by atoms with Gasteiger partial charge in [-0.05, 0) is 32.3 Å². The molecule has 5 nitrogen and oxygen atoms in total. The molecule has 2 heterocycles. The van der Waals surface area contributed by atoms with Crippen LogP contribution in [-0.4, -0.2) is 39.8 Å². The predicted molar refractivity (Wildman–Crippen MR) is 92.8 cm³/mol. The van der Waals surface area contributed by atoms with Crippen molar-refractivity contribution in [2.45, 2.75) is 39.4 Å². The number of piperidine rings is 1. The smallest absolute Gasteiger partial charge is 0.257 e. The number of hydrogen-bond acceptors (Lipinski definition) is 3. The van der Waals surface area contributed by atoms with E-state index in [-0.39, 0.29) is 12.0 Å². The summed E-state index contributed by atoms with van der Waals surface area (Å²) in [6.45, 7) is 5.97. The molecule has 0 unspecified atom stereocenters. The molecule has 5 heteroatoms. The summed E-state index contributed by atoms with van der Waals surface area (Å²) < 4.78 is 7.78. The first-order valence-electron chi connectivity index (χ1n) is 8.51. The maximum absolute atomic E-state index is 12.8. The molecule has 1 fully saturated rings. The van der Waals surface area contributed by atoms with Crippen LogP contribution in [0.3, 0.4) is 0 Å². The first kappa shape index (κ1) is 16.7. The van der Waals surface area contributed by atoms with Gasteiger partial charge in [-0.1, -0.05) is 30.3 Å². The second kappa shape index (κ2) is 7.18. The van der Waals surface area contributed by atoms with Crippen LogP contribution in [0, 0.1) is 13.8 Å². The molecule has 1 aliphatic rings. The predicted octanol–water partition coefficient (Wildman–Crippen LogP) is 2.86. The highest BCUT2D eigenvalue weighted by atomic mass is 16.5. The lowest BCUT2D eigenvalue weighted by atomic mass is 10.1. The molecular formula is C19H25N3O2. The number of benzene rings is 1. The number of nitrogens with zero attached hydrogens (tertiary/aromatic N) is 3. The number of aromatic nitrogens is 2. The molecule has 0 bridgehead atoms. The lowest BCUT2D eigenvalue weighted by molar-refractivity contribution is -0.000409. The minimum absolute atomic E-state index is 0.0969. The van der Waals surface area contributed by atoms with Crippen LogP contribution in [0.15, 0.2) is 30.3 Å². The first-order valence-corrected chi connectivity index (χ1v) is 8.51. The van der Waals surface area contributed by atoms with Gasteiger partial charge in [-0.3, -0.25) is 9.48 Å². The van der Waals surface area contributed by atoms with E-state index in [0.717, 1.165) is 42.9 Å². The van der Waals surface area contributed by atoms with Crippen molar-refractivity contribution in [3.05, 3.63) is 52.8 Å². The summed E-state index contributed by atoms with van der Waals surface area (Å²) in [7, 11) is 1.88. The third-order valence-corrected chi connectivity index (χ3v) is 4.78. The molecule has 0 aliphatic carbocycles. The van der Waals surface area contributed by atoms with Crippen molar-refractivity contribution in [1.82, 2.24) is 14.7 Å². The van der Waals surface area contributed by atoms with E-state index >= 15 is 0 Å². The van der Waals surface area contributed by atoms with Crippen LogP contribution >= 0.6 is 0 Å². The second-order valence-corrected chi connectivity index (χ2v) is 6.46. The van der Waals surface area contributed by atoms with Gasteiger partial charge in [0.2, 0.25) is 0 Å². The number of ether oxygens (including phenoxy) is 1. The highest BCUT2D eigenvalue weighted by Gasteiger charge is 2.27. The van der Waals surface area contributed by atoms with E-state index in [2.05, 4.69) is 17.2 Å². The summed E-state index contributed by atoms with van der Waals surface area (Å²) in [4.78, 5) is 14.7. The van der Waals surface area contributed by atoms with Crippen LogP contribution in [0.4, 0.5) is 0 Å². The van der Waals surface area contributed by atoms with Crippen molar-refractivity contribution in [2.24, 2.45) is 7.05 Å². The van der Waals surface area contributed by atoms with Crippen LogP contribution in [0.25, 0.3) is 0 Å². The zero-order chi connectivity index (χ0) is 17.1. The Morgan fingerprint density at radius 1 is 1.21 bits per heavy atom. The van der Waals surface area contributed by atoms with E-state index < -0.39 is 0 Å². The number of likely N-dealkylation sites (tertiary alicyclic amines) is 1. The van der Waals surface area contributed by atoms with Crippen molar-refractivity contribution in [1.29, 1.82) is 0 Å². The summed E-state index contributed by atoms with van der Waals surface area (Å²) >= 11 is 0. The number of rotatable bonds is 4. The minimum atomic E-state index is 0.0969. The van der Waals surface area contributed by atoms with Crippen molar-refractivity contribution in [3.8, 4) is 0 Å². The molecule has 0 atom stereocenters. The number of carbonyl (C=O) groups is 1. The Bertz CT molecular complexity index is 701. The molecule has 0 N–H and O–H groups in total. The van der Waals surface area contributed by atoms with Gasteiger partial charge in [-0.25, -0.2) is 0 Å². The Morgan fingerprint density at radius 3 is 2.46 bits per heavy atom. The maximum atomic E-state index is 12.8. The SMILES string of the molecule is Cc1nn(C)c(C)c1C(=O)N1CCC(OCc2ccccc2)CC1. The molecule has 128 valence electrons. The molecule has 1 amide bonds. The standard InChI is InChI=1S/C19H25N3O2/c1-14-18(15(2)21(3)20-14)19(23)22-11-9-17(10-12-22)24-13-16-7-5-4-6-8-16/h4-8,17H,9-13H2,1-3H3. The van der Waals surface area contributed by atoms with Crippen molar-refractivity contribution >= 4 is 5.91 Å². The number of hydrogen-bond donors (Lipinski definition) is 0. The number of carbonyl (C=O) groups excluding carboxylic acids is 1. The van der Waals surface area contributed by atoms with Gasteiger partial charge in [0.05, 0.1) is 24.0 Å². The highest BCUT2D eigenvalue weighted by Crippen LogP contribution is 2.20. The largest absolute Gasteiger partial charge is 0.373 e. The third kappa shape index (κ3) is 3.51. The van der Waals surface area contributed by atoms with Crippen LogP contribution < -0.4 is 0 Å². The Hall–Kier alpha value is -2.14. The molecule has 0 saturated carbocycles. The van der Waals surface area contributed by atoms with Crippen LogP contribution in [0.1, 0.15) is 40.2 Å². The first-order chi connectivity index (χ1) is 11.6. The van der Waals surface area contributed by atoms with Crippen LogP contribution in [-0.2, 0) is 18.4 Å². The molecule has 0 radical (unpaired) electrons. The molecule has 1 aromatic heterocycles. The van der Waals surface area contributed by atoms with E-state index in [1.807, 2.05) is 44.0 Å².